The summed E-state index contributed by atoms with van der Waals surface area (Å²) in [5.41, 5.74) is 0.658. The molecule has 8 nitrogen and oxygen atoms in total. The number of amides is 3. The molecule has 2 heterocycles. The maximum atomic E-state index is 12.1. The van der Waals surface area contributed by atoms with Crippen LogP contribution < -0.4 is 16.0 Å². The molecule has 1 aromatic carbocycles. The molecule has 1 atom stereocenters. The lowest BCUT2D eigenvalue weighted by Crippen LogP contribution is -2.28. The van der Waals surface area contributed by atoms with E-state index in [4.69, 9.17) is 0 Å². The van der Waals surface area contributed by atoms with E-state index in [0.29, 0.717) is 21.8 Å². The number of amidine groups is 2. The molecule has 130 valence electrons. The first kappa shape index (κ1) is 18.0. The van der Waals surface area contributed by atoms with E-state index >= 15 is 0 Å². The lowest BCUT2D eigenvalue weighted by atomic mass is 10.2. The zero-order valence-corrected chi connectivity index (χ0v) is 15.8. The first-order chi connectivity index (χ1) is 12.0. The summed E-state index contributed by atoms with van der Waals surface area (Å²) in [6, 6.07) is 7.16. The van der Waals surface area contributed by atoms with Crippen molar-refractivity contribution < 1.29 is 14.4 Å². The van der Waals surface area contributed by atoms with Gasteiger partial charge in [0.25, 0.3) is 0 Å². The smallest absolute Gasteiger partial charge is 0.240 e. The van der Waals surface area contributed by atoms with Crippen LogP contribution in [0.1, 0.15) is 6.42 Å². The lowest BCUT2D eigenvalue weighted by Gasteiger charge is -2.07. The van der Waals surface area contributed by atoms with Gasteiger partial charge in [-0.25, -0.2) is 0 Å². The number of rotatable bonds is 4. The number of nitrogens with zero attached hydrogens (tertiary/aromatic N) is 2. The summed E-state index contributed by atoms with van der Waals surface area (Å²) < 4.78 is 0.912. The van der Waals surface area contributed by atoms with Crippen LogP contribution in [0.15, 0.2) is 38.9 Å². The fourth-order valence-electron chi connectivity index (χ4n) is 1.97. The normalized spacial score (nSPS) is 23.0. The van der Waals surface area contributed by atoms with E-state index in [9.17, 15) is 14.4 Å². The Morgan fingerprint density at radius 1 is 1.20 bits per heavy atom. The Hall–Kier alpha value is -1.85. The maximum Gasteiger partial charge on any atom is 0.240 e. The average Bonchev–Trinajstić information content (AvgIpc) is 3.14. The molecule has 3 amide bonds. The number of hydrogen-bond acceptors (Lipinski definition) is 7. The van der Waals surface area contributed by atoms with Gasteiger partial charge in [-0.05, 0) is 24.3 Å². The Morgan fingerprint density at radius 3 is 2.60 bits per heavy atom. The van der Waals surface area contributed by atoms with Gasteiger partial charge in [-0.1, -0.05) is 39.5 Å². The van der Waals surface area contributed by atoms with Crippen molar-refractivity contribution in [2.45, 2.75) is 11.7 Å². The van der Waals surface area contributed by atoms with Crippen LogP contribution in [0, 0.1) is 0 Å². The first-order valence-electron chi connectivity index (χ1n) is 7.11. The molecule has 2 aliphatic rings. The fourth-order valence-corrected chi connectivity index (χ4v) is 3.78. The summed E-state index contributed by atoms with van der Waals surface area (Å²) in [6.07, 6.45) is 0.0215. The summed E-state index contributed by atoms with van der Waals surface area (Å²) in [6.45, 7) is 0. The van der Waals surface area contributed by atoms with Crippen molar-refractivity contribution in [2.24, 2.45) is 10.2 Å². The molecule has 2 aliphatic heterocycles. The largest absolute Gasteiger partial charge is 0.326 e. The van der Waals surface area contributed by atoms with Crippen LogP contribution in [0.3, 0.4) is 0 Å². The topological polar surface area (TPSA) is 112 Å². The highest BCUT2D eigenvalue weighted by molar-refractivity contribution is 9.10. The molecule has 0 bridgehead atoms. The standard InChI is InChI=1S/C14H12BrN5O3S2/c15-7-1-3-8(4-2-7)16-10(21)5-9-12(23)18-14(25-9)20-19-13-17-11(22)6-24-13/h1-4,9H,5-6H2,(H,16,21)(H,17,19,22)(H,18,20,23). The SMILES string of the molecule is O=C1CSC(=NN=C2NC(=O)C(CC(=O)Nc3ccc(Br)cc3)S2)N1. The third kappa shape index (κ3) is 5.06. The van der Waals surface area contributed by atoms with Gasteiger partial charge in [-0.2, -0.15) is 0 Å². The Morgan fingerprint density at radius 2 is 1.92 bits per heavy atom. The first-order valence-corrected chi connectivity index (χ1v) is 9.76. The van der Waals surface area contributed by atoms with Crippen molar-refractivity contribution in [3.8, 4) is 0 Å². The van der Waals surface area contributed by atoms with Gasteiger partial charge in [0.15, 0.2) is 10.3 Å². The summed E-state index contributed by atoms with van der Waals surface area (Å²) in [7, 11) is 0. The van der Waals surface area contributed by atoms with Crippen LogP contribution in [0.5, 0.6) is 0 Å². The minimum atomic E-state index is -0.569. The molecule has 0 saturated carbocycles. The van der Waals surface area contributed by atoms with Gasteiger partial charge >= 0.3 is 0 Å². The van der Waals surface area contributed by atoms with Gasteiger partial charge in [0, 0.05) is 16.6 Å². The van der Waals surface area contributed by atoms with Gasteiger partial charge in [0.1, 0.15) is 5.25 Å². The fraction of sp³-hybridized carbons (Fsp3) is 0.214. The second-order valence-electron chi connectivity index (χ2n) is 5.00. The number of nitrogens with one attached hydrogen (secondary N) is 3. The van der Waals surface area contributed by atoms with Crippen LogP contribution in [0.2, 0.25) is 0 Å². The van der Waals surface area contributed by atoms with Crippen molar-refractivity contribution in [1.82, 2.24) is 10.6 Å². The highest BCUT2D eigenvalue weighted by Crippen LogP contribution is 2.23. The monoisotopic (exact) mass is 441 g/mol. The van der Waals surface area contributed by atoms with Crippen molar-refractivity contribution in [3.63, 3.8) is 0 Å². The van der Waals surface area contributed by atoms with Gasteiger partial charge in [-0.3, -0.25) is 14.4 Å². The Labute approximate surface area is 159 Å². The third-order valence-corrected chi connectivity index (χ3v) is 5.56. The van der Waals surface area contributed by atoms with Crippen LogP contribution in [-0.4, -0.2) is 39.1 Å². The lowest BCUT2D eigenvalue weighted by molar-refractivity contribution is -0.122. The van der Waals surface area contributed by atoms with Crippen molar-refractivity contribution in [2.75, 3.05) is 11.1 Å². The zero-order valence-electron chi connectivity index (χ0n) is 12.6. The van der Waals surface area contributed by atoms with Gasteiger partial charge in [-0.15, -0.1) is 10.2 Å². The highest BCUT2D eigenvalue weighted by atomic mass is 79.9. The molecule has 3 N–H and O–H groups in total. The Bertz CT molecular complexity index is 781. The zero-order chi connectivity index (χ0) is 17.8. The quantitative estimate of drug-likeness (QED) is 0.612. The van der Waals surface area contributed by atoms with E-state index in [1.165, 1.54) is 11.8 Å². The number of thioether (sulfide) groups is 2. The second kappa shape index (κ2) is 8.02. The molecule has 0 radical (unpaired) electrons. The molecule has 1 unspecified atom stereocenters. The van der Waals surface area contributed by atoms with Crippen LogP contribution in [-0.2, 0) is 14.4 Å². The number of carbonyl (C=O) groups is 3. The molecule has 2 saturated heterocycles. The molecular weight excluding hydrogens is 430 g/mol. The summed E-state index contributed by atoms with van der Waals surface area (Å²) in [4.78, 5) is 35.1. The molecule has 3 rings (SSSR count). The molecule has 0 aromatic heterocycles. The predicted molar refractivity (Wildman–Crippen MR) is 102 cm³/mol. The van der Waals surface area contributed by atoms with Crippen LogP contribution in [0.4, 0.5) is 5.69 Å². The van der Waals surface area contributed by atoms with Crippen LogP contribution >= 0.6 is 39.5 Å². The van der Waals surface area contributed by atoms with Crippen molar-refractivity contribution in [1.29, 1.82) is 0 Å². The van der Waals surface area contributed by atoms with E-state index in [0.717, 1.165) is 16.2 Å². The van der Waals surface area contributed by atoms with Crippen molar-refractivity contribution >= 4 is 73.2 Å². The Kier molecular flexibility index (Phi) is 5.76. The summed E-state index contributed by atoms with van der Waals surface area (Å²) >= 11 is 5.70. The molecule has 0 aliphatic carbocycles. The van der Waals surface area contributed by atoms with E-state index in [2.05, 4.69) is 42.1 Å². The summed E-state index contributed by atoms with van der Waals surface area (Å²) in [5, 5.41) is 15.8. The number of hydrogen-bond donors (Lipinski definition) is 3. The molecular formula is C14H12BrN5O3S2. The van der Waals surface area contributed by atoms with Gasteiger partial charge in [0.05, 0.1) is 5.75 Å². The third-order valence-electron chi connectivity index (χ3n) is 3.09. The molecule has 2 fully saturated rings. The second-order valence-corrected chi connectivity index (χ2v) is 8.07. The minimum absolute atomic E-state index is 0.0215. The van der Waals surface area contributed by atoms with E-state index in [-0.39, 0.29) is 24.1 Å². The maximum absolute atomic E-state index is 12.1. The van der Waals surface area contributed by atoms with Crippen LogP contribution in [0.25, 0.3) is 0 Å². The van der Waals surface area contributed by atoms with Gasteiger partial charge < -0.3 is 16.0 Å². The van der Waals surface area contributed by atoms with E-state index in [1.54, 1.807) is 12.1 Å². The highest BCUT2D eigenvalue weighted by Gasteiger charge is 2.32. The molecule has 0 spiro atoms. The number of anilines is 1. The van der Waals surface area contributed by atoms with Gasteiger partial charge in [0.2, 0.25) is 17.7 Å². The number of carbonyl (C=O) groups excluding carboxylic acids is 3. The number of halogens is 1. The molecule has 11 heteroatoms. The number of benzene rings is 1. The Balaban J connectivity index is 1.54. The minimum Gasteiger partial charge on any atom is -0.326 e. The molecule has 1 aromatic rings. The van der Waals surface area contributed by atoms with Crippen molar-refractivity contribution in [3.05, 3.63) is 28.7 Å². The van der Waals surface area contributed by atoms with E-state index in [1.807, 2.05) is 12.1 Å². The predicted octanol–water partition coefficient (Wildman–Crippen LogP) is 1.50. The molecule has 25 heavy (non-hydrogen) atoms. The van der Waals surface area contributed by atoms with E-state index < -0.39 is 5.25 Å². The average molecular weight is 442 g/mol. The summed E-state index contributed by atoms with van der Waals surface area (Å²) in [5.74, 6) is -0.379.